The molecule has 6 aromatic rings. The molecule has 4 aliphatic heterocycles. The maximum atomic E-state index is 14.3. The van der Waals surface area contributed by atoms with Gasteiger partial charge in [0.2, 0.25) is 17.7 Å². The van der Waals surface area contributed by atoms with Gasteiger partial charge in [-0.2, -0.15) is 0 Å². The van der Waals surface area contributed by atoms with E-state index >= 15 is 0 Å². The van der Waals surface area contributed by atoms with Gasteiger partial charge in [-0.3, -0.25) is 14.5 Å². The third-order valence-corrected chi connectivity index (χ3v) is 17.5. The third kappa shape index (κ3) is 11.3. The molecule has 1 unspecified atom stereocenters. The second-order valence-electron chi connectivity index (χ2n) is 21.8. The van der Waals surface area contributed by atoms with Gasteiger partial charge in [0, 0.05) is 94.1 Å². The first kappa shape index (κ1) is 53.4. The zero-order valence-electron chi connectivity index (χ0n) is 44.4. The molecule has 21 heteroatoms. The van der Waals surface area contributed by atoms with E-state index in [1.54, 1.807) is 23.5 Å². The van der Waals surface area contributed by atoms with Gasteiger partial charge < -0.3 is 54.7 Å². The van der Waals surface area contributed by atoms with Crippen molar-refractivity contribution in [2.75, 3.05) is 61.4 Å². The van der Waals surface area contributed by atoms with Crippen molar-refractivity contribution in [3.05, 3.63) is 100 Å². The van der Waals surface area contributed by atoms with E-state index in [0.29, 0.717) is 36.1 Å². The van der Waals surface area contributed by atoms with E-state index in [9.17, 15) is 19.8 Å². The summed E-state index contributed by atoms with van der Waals surface area (Å²) in [5.41, 5.74) is 14.3. The fourth-order valence-electron chi connectivity index (χ4n) is 12.0. The fourth-order valence-corrected chi connectivity index (χ4v) is 13.0. The van der Waals surface area contributed by atoms with Gasteiger partial charge in [0.1, 0.15) is 35.4 Å². The number of nitrogens with one attached hydrogen (secondary N) is 1. The molecule has 5 aliphatic rings. The van der Waals surface area contributed by atoms with Crippen molar-refractivity contribution in [2.45, 2.75) is 127 Å². The quantitative estimate of drug-likeness (QED) is 0.0643. The Hall–Kier alpha value is -6.58. The molecule has 11 rings (SSSR count). The lowest BCUT2D eigenvalue weighted by molar-refractivity contribution is -0.141. The molecule has 8 heterocycles. The van der Waals surface area contributed by atoms with Gasteiger partial charge in [-0.25, -0.2) is 9.97 Å². The Kier molecular flexibility index (Phi) is 15.8. The molecule has 0 spiro atoms. The maximum absolute atomic E-state index is 14.3. The Morgan fingerprint density at radius 2 is 1.68 bits per heavy atom. The zero-order chi connectivity index (χ0) is 54.2. The molecule has 2 aromatic carbocycles. The predicted molar refractivity (Wildman–Crippen MR) is 297 cm³/mol. The van der Waals surface area contributed by atoms with Gasteiger partial charge in [-0.1, -0.05) is 61.8 Å². The topological polar surface area (TPSA) is 231 Å². The lowest BCUT2D eigenvalue weighted by atomic mass is 9.91. The lowest BCUT2D eigenvalue weighted by Crippen LogP contribution is -2.54. The largest absolute Gasteiger partial charge is 0.507 e. The Morgan fingerprint density at radius 3 is 2.40 bits per heavy atom. The summed E-state index contributed by atoms with van der Waals surface area (Å²) in [6, 6.07) is 20.6. The standard InChI is InChI=1S/C57H68ClN11O8S/c1-32(2)50(57(73)68-30-40(70)24-47(68)55(72)62-33(3)35-9-11-36(12-10-35)53-34(4)61-31-78-53)52-51(58)56(65-77-52)74-22-21-66-19-16-41(17-20-66)75-42-25-43(26-42)76-49-23-37(15-18-60-49)69-38-13-14-39(69)29-67(28-38)46-27-45(63-64-54(46)59)44-7-5-6-8-48(44)71/h5-12,15,18,23,27,31-33,38-43,47,50,70-71H,13-14,16-17,19-22,24-26,28-30H2,1-4H3,(H2,59,64)(H,62,72)/t33-,38+,39?,40+,42?,43?,47-,50+/m0/s1. The Bertz CT molecular complexity index is 3060. The molecule has 5 fully saturated rings. The van der Waals surface area contributed by atoms with E-state index < -0.39 is 18.1 Å². The number of aliphatic hydroxyl groups excluding tert-OH is 1. The molecule has 78 heavy (non-hydrogen) atoms. The van der Waals surface area contributed by atoms with Crippen LogP contribution in [0, 0.1) is 12.8 Å². The van der Waals surface area contributed by atoms with Crippen LogP contribution in [-0.2, 0) is 14.3 Å². The summed E-state index contributed by atoms with van der Waals surface area (Å²) >= 11 is 8.44. The van der Waals surface area contributed by atoms with E-state index in [4.69, 9.17) is 36.1 Å². The second kappa shape index (κ2) is 23.0. The van der Waals surface area contributed by atoms with E-state index in [-0.39, 0.29) is 89.5 Å². The number of amides is 2. The number of fused-ring (bicyclic) bond motifs is 2. The molecule has 4 saturated heterocycles. The zero-order valence-corrected chi connectivity index (χ0v) is 46.0. The summed E-state index contributed by atoms with van der Waals surface area (Å²) in [5.74, 6) is -0.388. The number of para-hydroxylation sites is 1. The van der Waals surface area contributed by atoms with E-state index in [2.05, 4.69) is 57.5 Å². The number of hydrogen-bond acceptors (Lipinski definition) is 18. The molecule has 1 aliphatic carbocycles. The number of benzene rings is 2. The van der Waals surface area contributed by atoms with Gasteiger partial charge in [0.05, 0.1) is 51.8 Å². The Labute approximate surface area is 463 Å². The molecule has 2 bridgehead atoms. The molecule has 6 atom stereocenters. The first-order chi connectivity index (χ1) is 37.7. The maximum Gasteiger partial charge on any atom is 0.273 e. The molecular weight excluding hydrogens is 1030 g/mol. The van der Waals surface area contributed by atoms with Gasteiger partial charge >= 0.3 is 0 Å². The summed E-state index contributed by atoms with van der Waals surface area (Å²) in [7, 11) is 0. The van der Waals surface area contributed by atoms with Crippen LogP contribution in [0.4, 0.5) is 17.2 Å². The predicted octanol–water partition coefficient (Wildman–Crippen LogP) is 7.81. The van der Waals surface area contributed by atoms with Crippen molar-refractivity contribution in [2.24, 2.45) is 5.92 Å². The minimum Gasteiger partial charge on any atom is -0.507 e. The van der Waals surface area contributed by atoms with Crippen LogP contribution < -0.4 is 30.3 Å². The van der Waals surface area contributed by atoms with Gasteiger partial charge in [0.25, 0.3) is 5.88 Å². The number of ether oxygens (including phenoxy) is 3. The number of aryl methyl sites for hydroxylation is 1. The number of halogens is 1. The first-order valence-corrected chi connectivity index (χ1v) is 28.5. The van der Waals surface area contributed by atoms with Gasteiger partial charge in [-0.05, 0) is 86.0 Å². The number of nitrogens with zero attached hydrogens (tertiary/aromatic N) is 9. The van der Waals surface area contributed by atoms with Crippen LogP contribution >= 0.6 is 22.9 Å². The average molecular weight is 1100 g/mol. The van der Waals surface area contributed by atoms with E-state index in [1.165, 1.54) is 4.90 Å². The minimum absolute atomic E-state index is 0.00881. The molecular formula is C57H68ClN11O8S. The smallest absolute Gasteiger partial charge is 0.273 e. The SMILES string of the molecule is Cc1ncsc1-c1ccc([C@H](C)NC(=O)[C@@H]2C[C@@H](O)CN2C(=O)[C@@H](c2onc(OCCN3CCC(OC4CC(Oc5cc(N6C7CC[C@@H]6CN(c6cc(-c8ccccc8O)nnc6N)C7)ccn5)C4)CC3)c2Cl)C(C)C)cc1. The van der Waals surface area contributed by atoms with Crippen molar-refractivity contribution < 1.29 is 38.5 Å². The number of piperidine rings is 1. The monoisotopic (exact) mass is 1100 g/mol. The number of aliphatic hydroxyl groups is 1. The fraction of sp³-hybridized carbons (Fsp3) is 0.491. The summed E-state index contributed by atoms with van der Waals surface area (Å²) in [5, 5.41) is 37.1. The number of β-amino-alcohol motifs (C(OH)–C–C–N with tert-alkyl or cyclic N) is 1. The number of aromatic nitrogens is 5. The van der Waals surface area contributed by atoms with Crippen LogP contribution in [0.25, 0.3) is 21.7 Å². The normalized spacial score (nSPS) is 23.3. The van der Waals surface area contributed by atoms with Crippen molar-refractivity contribution in [1.82, 2.24) is 40.4 Å². The van der Waals surface area contributed by atoms with E-state index in [0.717, 1.165) is 97.8 Å². The Morgan fingerprint density at radius 1 is 0.923 bits per heavy atom. The number of nitrogen functional groups attached to an aromatic ring is 1. The van der Waals surface area contributed by atoms with Crippen LogP contribution in [-0.4, -0.2) is 146 Å². The van der Waals surface area contributed by atoms with Crippen molar-refractivity contribution in [3.63, 3.8) is 0 Å². The van der Waals surface area contributed by atoms with Gasteiger partial charge in [0.15, 0.2) is 11.6 Å². The van der Waals surface area contributed by atoms with E-state index in [1.807, 2.05) is 81.9 Å². The molecule has 0 radical (unpaired) electrons. The highest BCUT2D eigenvalue weighted by Crippen LogP contribution is 2.42. The second-order valence-corrected chi connectivity index (χ2v) is 23.1. The number of carbonyl (C=O) groups excluding carboxylic acids is 2. The molecule has 1 saturated carbocycles. The van der Waals surface area contributed by atoms with Crippen LogP contribution in [0.3, 0.4) is 0 Å². The summed E-state index contributed by atoms with van der Waals surface area (Å²) < 4.78 is 24.8. The Balaban J connectivity index is 0.610. The lowest BCUT2D eigenvalue weighted by Gasteiger charge is -2.43. The minimum atomic E-state index is -0.877. The number of carbonyl (C=O) groups is 2. The number of pyridine rings is 1. The third-order valence-electron chi connectivity index (χ3n) is 16.2. The molecule has 412 valence electrons. The number of anilines is 3. The number of hydrogen-bond donors (Lipinski definition) is 4. The van der Waals surface area contributed by atoms with Gasteiger partial charge in [-0.15, -0.1) is 21.5 Å². The number of rotatable bonds is 18. The number of phenolic OH excluding ortho intramolecular Hbond substituents is 1. The first-order valence-electron chi connectivity index (χ1n) is 27.3. The average Bonchev–Trinajstić information content (AvgIpc) is 4.26. The van der Waals surface area contributed by atoms with Crippen LogP contribution in [0.1, 0.15) is 94.7 Å². The highest BCUT2D eigenvalue weighted by molar-refractivity contribution is 7.13. The highest BCUT2D eigenvalue weighted by Gasteiger charge is 2.45. The number of likely N-dealkylation sites (tertiary alicyclic amines) is 2. The summed E-state index contributed by atoms with van der Waals surface area (Å²) in [6.45, 7) is 11.9. The number of phenols is 1. The number of nitrogens with two attached hydrogens (primary N) is 1. The highest BCUT2D eigenvalue weighted by atomic mass is 35.5. The van der Waals surface area contributed by atoms with Crippen molar-refractivity contribution >= 4 is 51.9 Å². The molecule has 5 N–H and O–H groups in total. The van der Waals surface area contributed by atoms with Crippen LogP contribution in [0.2, 0.25) is 5.02 Å². The van der Waals surface area contributed by atoms with Crippen LogP contribution in [0.15, 0.2) is 83.0 Å². The molecule has 4 aromatic heterocycles. The molecule has 2 amide bonds. The summed E-state index contributed by atoms with van der Waals surface area (Å²) in [6.07, 6.45) is 7.01. The van der Waals surface area contributed by atoms with Crippen molar-refractivity contribution in [1.29, 1.82) is 0 Å². The summed E-state index contributed by atoms with van der Waals surface area (Å²) in [4.78, 5) is 46.8. The number of piperazine rings is 1. The number of thiazole rings is 1. The van der Waals surface area contributed by atoms with Crippen LogP contribution in [0.5, 0.6) is 17.5 Å². The number of aromatic hydroxyl groups is 1. The van der Waals surface area contributed by atoms with Crippen molar-refractivity contribution in [3.8, 4) is 39.2 Å². The molecule has 19 nitrogen and oxygen atoms in total.